The highest BCUT2D eigenvalue weighted by Crippen LogP contribution is 2.21. The summed E-state index contributed by atoms with van der Waals surface area (Å²) in [5.41, 5.74) is 6.38. The second-order valence-electron chi connectivity index (χ2n) is 2.16. The minimum absolute atomic E-state index is 0.278. The Kier molecular flexibility index (Phi) is 1.00. The van der Waals surface area contributed by atoms with Gasteiger partial charge in [-0.3, -0.25) is 0 Å². The summed E-state index contributed by atoms with van der Waals surface area (Å²) in [6.07, 6.45) is 2.61. The maximum absolute atomic E-state index is 5.33. The Morgan fingerprint density at radius 2 is 2.50 bits per heavy atom. The molecule has 10 heavy (non-hydrogen) atoms. The van der Waals surface area contributed by atoms with Crippen molar-refractivity contribution in [1.82, 2.24) is 9.97 Å². The number of hydrogen-bond acceptors (Lipinski definition) is 4. The fourth-order valence-corrected chi connectivity index (χ4v) is 0.958. The van der Waals surface area contributed by atoms with Crippen LogP contribution in [0.5, 0.6) is 5.88 Å². The third-order valence-corrected chi connectivity index (χ3v) is 1.45. The van der Waals surface area contributed by atoms with Gasteiger partial charge in [0.05, 0.1) is 6.61 Å². The molecule has 0 spiro atoms. The van der Waals surface area contributed by atoms with E-state index in [0.717, 1.165) is 12.0 Å². The van der Waals surface area contributed by atoms with Crippen LogP contribution >= 0.6 is 0 Å². The number of nitrogens with two attached hydrogens (primary N) is 1. The lowest BCUT2D eigenvalue weighted by Gasteiger charge is -1.95. The zero-order chi connectivity index (χ0) is 6.97. The topological polar surface area (TPSA) is 61.0 Å². The first-order valence-electron chi connectivity index (χ1n) is 3.10. The summed E-state index contributed by atoms with van der Waals surface area (Å²) in [7, 11) is 0. The Hall–Kier alpha value is -1.32. The van der Waals surface area contributed by atoms with Crippen LogP contribution in [0.2, 0.25) is 0 Å². The minimum Gasteiger partial charge on any atom is -0.477 e. The molecule has 0 aliphatic carbocycles. The van der Waals surface area contributed by atoms with Gasteiger partial charge in [-0.1, -0.05) is 0 Å². The summed E-state index contributed by atoms with van der Waals surface area (Å²) >= 11 is 0. The Balaban J connectivity index is 2.52. The molecule has 1 aromatic rings. The number of nitrogens with zero attached hydrogens (tertiary/aromatic N) is 2. The molecule has 0 amide bonds. The number of rotatable bonds is 0. The smallest absolute Gasteiger partial charge is 0.223 e. The molecule has 0 saturated carbocycles. The third kappa shape index (κ3) is 0.689. The summed E-state index contributed by atoms with van der Waals surface area (Å²) in [5, 5.41) is 0. The fourth-order valence-electron chi connectivity index (χ4n) is 0.958. The van der Waals surface area contributed by atoms with Gasteiger partial charge < -0.3 is 10.5 Å². The molecule has 0 bridgehead atoms. The number of ether oxygens (including phenoxy) is 1. The molecule has 0 radical (unpaired) electrons. The van der Waals surface area contributed by atoms with Gasteiger partial charge in [-0.05, 0) is 0 Å². The van der Waals surface area contributed by atoms with E-state index in [9.17, 15) is 0 Å². The molecule has 1 aromatic heterocycles. The van der Waals surface area contributed by atoms with Crippen molar-refractivity contribution in [3.05, 3.63) is 11.8 Å². The highest BCUT2D eigenvalue weighted by Gasteiger charge is 2.13. The predicted molar refractivity (Wildman–Crippen MR) is 35.6 cm³/mol. The van der Waals surface area contributed by atoms with Crippen molar-refractivity contribution in [3.63, 3.8) is 0 Å². The quantitative estimate of drug-likeness (QED) is 0.546. The lowest BCUT2D eigenvalue weighted by Crippen LogP contribution is -1.95. The molecule has 52 valence electrons. The van der Waals surface area contributed by atoms with Crippen molar-refractivity contribution < 1.29 is 4.74 Å². The van der Waals surface area contributed by atoms with Gasteiger partial charge in [0.1, 0.15) is 0 Å². The van der Waals surface area contributed by atoms with Gasteiger partial charge in [-0.2, -0.15) is 4.98 Å². The Bertz CT molecular complexity index is 261. The van der Waals surface area contributed by atoms with Crippen molar-refractivity contribution >= 4 is 5.95 Å². The van der Waals surface area contributed by atoms with E-state index in [1.807, 2.05) is 0 Å². The summed E-state index contributed by atoms with van der Waals surface area (Å²) in [4.78, 5) is 7.74. The van der Waals surface area contributed by atoms with E-state index in [1.165, 1.54) is 0 Å². The van der Waals surface area contributed by atoms with Gasteiger partial charge in [0.15, 0.2) is 0 Å². The minimum atomic E-state index is 0.278. The van der Waals surface area contributed by atoms with E-state index < -0.39 is 0 Å². The molecule has 0 saturated heterocycles. The summed E-state index contributed by atoms with van der Waals surface area (Å²) < 4.78 is 5.15. The molecule has 2 rings (SSSR count). The van der Waals surface area contributed by atoms with Crippen molar-refractivity contribution in [2.45, 2.75) is 6.42 Å². The van der Waals surface area contributed by atoms with Crippen LogP contribution in [0.1, 0.15) is 5.56 Å². The number of anilines is 1. The summed E-state index contributed by atoms with van der Waals surface area (Å²) in [6.45, 7) is 0.702. The van der Waals surface area contributed by atoms with E-state index in [-0.39, 0.29) is 5.95 Å². The monoisotopic (exact) mass is 137 g/mol. The van der Waals surface area contributed by atoms with E-state index in [1.54, 1.807) is 6.20 Å². The van der Waals surface area contributed by atoms with E-state index >= 15 is 0 Å². The molecule has 2 N–H and O–H groups in total. The third-order valence-electron chi connectivity index (χ3n) is 1.45. The van der Waals surface area contributed by atoms with E-state index in [0.29, 0.717) is 12.5 Å². The van der Waals surface area contributed by atoms with Crippen LogP contribution in [0, 0.1) is 0 Å². The van der Waals surface area contributed by atoms with E-state index in [4.69, 9.17) is 10.5 Å². The second kappa shape index (κ2) is 1.83. The molecule has 0 fully saturated rings. The van der Waals surface area contributed by atoms with Crippen molar-refractivity contribution in [2.24, 2.45) is 0 Å². The average Bonchev–Trinajstić information content (AvgIpc) is 2.33. The van der Waals surface area contributed by atoms with Gasteiger partial charge in [-0.15, -0.1) is 0 Å². The molecule has 4 nitrogen and oxygen atoms in total. The molecule has 4 heteroatoms. The fraction of sp³-hybridized carbons (Fsp3) is 0.333. The molecule has 0 unspecified atom stereocenters. The number of hydrogen-bond donors (Lipinski definition) is 1. The lowest BCUT2D eigenvalue weighted by molar-refractivity contribution is 0.345. The molecular weight excluding hydrogens is 130 g/mol. The maximum atomic E-state index is 5.33. The SMILES string of the molecule is Nc1ncc2c(n1)OCC2. The van der Waals surface area contributed by atoms with Crippen LogP contribution in [0.25, 0.3) is 0 Å². The second-order valence-corrected chi connectivity index (χ2v) is 2.16. The first-order valence-corrected chi connectivity index (χ1v) is 3.10. The van der Waals surface area contributed by atoms with Gasteiger partial charge in [0.2, 0.25) is 11.8 Å². The van der Waals surface area contributed by atoms with Crippen molar-refractivity contribution in [2.75, 3.05) is 12.3 Å². The Labute approximate surface area is 58.0 Å². The normalized spacial score (nSPS) is 14.4. The largest absolute Gasteiger partial charge is 0.477 e. The van der Waals surface area contributed by atoms with Gasteiger partial charge in [0.25, 0.3) is 0 Å². The Morgan fingerprint density at radius 3 is 3.40 bits per heavy atom. The number of fused-ring (bicyclic) bond motifs is 1. The van der Waals surface area contributed by atoms with Crippen molar-refractivity contribution in [1.29, 1.82) is 0 Å². The Morgan fingerprint density at radius 1 is 1.60 bits per heavy atom. The van der Waals surface area contributed by atoms with Gasteiger partial charge in [-0.25, -0.2) is 4.98 Å². The molecule has 2 heterocycles. The standard InChI is InChI=1S/C6H7N3O/c7-6-8-3-4-1-2-10-5(4)9-6/h3H,1-2H2,(H2,7,8,9). The van der Waals surface area contributed by atoms with Crippen LogP contribution in [0.3, 0.4) is 0 Å². The van der Waals surface area contributed by atoms with Crippen LogP contribution in [0.15, 0.2) is 6.20 Å². The summed E-state index contributed by atoms with van der Waals surface area (Å²) in [6, 6.07) is 0. The number of nitrogen functional groups attached to an aromatic ring is 1. The molecule has 1 aliphatic heterocycles. The number of aromatic nitrogens is 2. The molecule has 0 atom stereocenters. The van der Waals surface area contributed by atoms with Crippen LogP contribution in [-0.4, -0.2) is 16.6 Å². The van der Waals surface area contributed by atoms with E-state index in [2.05, 4.69) is 9.97 Å². The highest BCUT2D eigenvalue weighted by molar-refractivity contribution is 5.32. The predicted octanol–water partition coefficient (Wildman–Crippen LogP) is -0.00630. The molecule has 0 aromatic carbocycles. The molecule has 1 aliphatic rings. The molecular formula is C6H7N3O. The van der Waals surface area contributed by atoms with Crippen LogP contribution in [-0.2, 0) is 6.42 Å². The van der Waals surface area contributed by atoms with Gasteiger partial charge >= 0.3 is 0 Å². The zero-order valence-corrected chi connectivity index (χ0v) is 5.37. The lowest BCUT2D eigenvalue weighted by atomic mass is 10.3. The van der Waals surface area contributed by atoms with Crippen LogP contribution < -0.4 is 10.5 Å². The first kappa shape index (κ1) is 5.46. The average molecular weight is 137 g/mol. The zero-order valence-electron chi connectivity index (χ0n) is 5.37. The van der Waals surface area contributed by atoms with Crippen LogP contribution in [0.4, 0.5) is 5.95 Å². The first-order chi connectivity index (χ1) is 4.86. The maximum Gasteiger partial charge on any atom is 0.223 e. The van der Waals surface area contributed by atoms with Crippen molar-refractivity contribution in [3.8, 4) is 5.88 Å². The highest BCUT2D eigenvalue weighted by atomic mass is 16.5. The van der Waals surface area contributed by atoms with Gasteiger partial charge in [0, 0.05) is 18.2 Å². The summed E-state index contributed by atoms with van der Waals surface area (Å²) in [5.74, 6) is 0.924.